The first-order chi connectivity index (χ1) is 24.3. The Kier molecular flexibility index (Phi) is 17.7. The molecule has 19 heteroatoms. The number of carbonyl (C=O) groups excluding carboxylic acids is 6. The number of phenolic OH excluding ortho intramolecular Hbond substituents is 1. The number of aliphatic carboxylic acids is 1. The molecule has 0 saturated carbocycles. The first-order valence-electron chi connectivity index (χ1n) is 16.4. The Morgan fingerprint density at radius 1 is 0.843 bits per heavy atom. The third-order valence-corrected chi connectivity index (χ3v) is 7.59. The summed E-state index contributed by atoms with van der Waals surface area (Å²) in [5, 5.41) is 34.2. The van der Waals surface area contributed by atoms with Crippen molar-refractivity contribution in [2.24, 2.45) is 16.5 Å². The zero-order valence-electron chi connectivity index (χ0n) is 28.1. The van der Waals surface area contributed by atoms with Gasteiger partial charge < -0.3 is 58.4 Å². The van der Waals surface area contributed by atoms with Crippen LogP contribution < -0.4 is 43.4 Å². The van der Waals surface area contributed by atoms with Crippen molar-refractivity contribution < 1.29 is 43.8 Å². The van der Waals surface area contributed by atoms with E-state index in [1.165, 1.54) is 24.3 Å². The highest BCUT2D eigenvalue weighted by atomic mass is 16.4. The number of amides is 6. The van der Waals surface area contributed by atoms with Crippen LogP contribution in [-0.2, 0) is 40.0 Å². The SMILES string of the molecule is [C-]#[N+]CCCC(=O)NCCCC[C@@H]1NC(=O)[C@@H](Cc2ccc(O)cc2)NC(=O)[C@H](CC(=O)O)NC(=O)CNC(=O)[C@H](CCCN=C(N)N)NC1=O. The number of aliphatic imine (C=N–C) groups is 1. The number of nitrogens with zero attached hydrogens (tertiary/aromatic N) is 2. The van der Waals surface area contributed by atoms with Gasteiger partial charge in [0, 0.05) is 32.4 Å². The molecular formula is C32H46N10O9. The van der Waals surface area contributed by atoms with Crippen LogP contribution in [0.4, 0.5) is 0 Å². The van der Waals surface area contributed by atoms with E-state index in [0.717, 1.165) is 0 Å². The fourth-order valence-corrected chi connectivity index (χ4v) is 4.96. The summed E-state index contributed by atoms with van der Waals surface area (Å²) in [5.41, 5.74) is 11.2. The van der Waals surface area contributed by atoms with Crippen LogP contribution in [0.5, 0.6) is 5.75 Å². The van der Waals surface area contributed by atoms with E-state index in [1.807, 2.05) is 0 Å². The average molecular weight is 715 g/mol. The normalized spacial score (nSPS) is 20.1. The third-order valence-electron chi connectivity index (χ3n) is 7.59. The van der Waals surface area contributed by atoms with E-state index in [4.69, 9.17) is 18.0 Å². The lowest BCUT2D eigenvalue weighted by molar-refractivity contribution is -0.141. The number of hydrogen-bond acceptors (Lipinski definition) is 9. The largest absolute Gasteiger partial charge is 0.508 e. The summed E-state index contributed by atoms with van der Waals surface area (Å²) in [6, 6.07) is 0.296. The number of unbranched alkanes of at least 4 members (excludes halogenated alkanes) is 1. The minimum absolute atomic E-state index is 0.0291. The Bertz CT molecular complexity index is 1460. The molecule has 1 fully saturated rings. The van der Waals surface area contributed by atoms with Crippen molar-refractivity contribution in [3.8, 4) is 5.75 Å². The highest BCUT2D eigenvalue weighted by molar-refractivity contribution is 5.98. The topological polar surface area (TPSA) is 301 Å². The minimum atomic E-state index is -1.63. The second-order valence-electron chi connectivity index (χ2n) is 11.8. The van der Waals surface area contributed by atoms with Gasteiger partial charge in [-0.05, 0) is 49.8 Å². The van der Waals surface area contributed by atoms with Crippen LogP contribution in [0.3, 0.4) is 0 Å². The Hall–Kier alpha value is -5.93. The maximum atomic E-state index is 13.8. The van der Waals surface area contributed by atoms with E-state index in [9.17, 15) is 43.8 Å². The van der Waals surface area contributed by atoms with Crippen LogP contribution in [0.1, 0.15) is 56.9 Å². The summed E-state index contributed by atoms with van der Waals surface area (Å²) >= 11 is 0. The van der Waals surface area contributed by atoms with Crippen LogP contribution in [0.15, 0.2) is 29.3 Å². The molecule has 1 aromatic rings. The Morgan fingerprint density at radius 3 is 2.10 bits per heavy atom. The molecule has 278 valence electrons. The lowest BCUT2D eigenvalue weighted by Gasteiger charge is -2.26. The van der Waals surface area contributed by atoms with Gasteiger partial charge in [0.2, 0.25) is 42.0 Å². The highest BCUT2D eigenvalue weighted by Crippen LogP contribution is 2.13. The predicted molar refractivity (Wildman–Crippen MR) is 182 cm³/mol. The fourth-order valence-electron chi connectivity index (χ4n) is 4.96. The average Bonchev–Trinajstić information content (AvgIpc) is 3.07. The number of phenols is 1. The van der Waals surface area contributed by atoms with Gasteiger partial charge in [0.25, 0.3) is 0 Å². The molecule has 2 rings (SSSR count). The number of guanidine groups is 1. The van der Waals surface area contributed by atoms with E-state index in [-0.39, 0.29) is 69.4 Å². The zero-order valence-corrected chi connectivity index (χ0v) is 28.1. The maximum absolute atomic E-state index is 13.8. The van der Waals surface area contributed by atoms with Crippen LogP contribution in [0.2, 0.25) is 0 Å². The standard InChI is InChI=1S/C32H46N10O9/c1-35-13-5-8-25(44)36-14-3-2-6-22-29(49)40-21(7-4-15-37-32(33)34)28(48)38-18-26(45)39-24(17-27(46)47)31(51)42-23(30(50)41-22)16-19-9-11-20(43)12-10-19/h9-12,21-24,43H,2-8,13-18H2,(H,36,44)(H,38,48)(H,39,45)(H,40,49)(H,41,50)(H,42,51)(H,46,47)(H4,33,34,37)/t21-,22-,23+,24-/m0/s1. The van der Waals surface area contributed by atoms with Gasteiger partial charge in [0.15, 0.2) is 5.96 Å². The highest BCUT2D eigenvalue weighted by Gasteiger charge is 2.33. The van der Waals surface area contributed by atoms with Crippen molar-refractivity contribution in [1.29, 1.82) is 0 Å². The summed E-state index contributed by atoms with van der Waals surface area (Å²) < 4.78 is 0. The molecule has 6 amide bonds. The van der Waals surface area contributed by atoms with Crippen LogP contribution >= 0.6 is 0 Å². The minimum Gasteiger partial charge on any atom is -0.508 e. The smallest absolute Gasteiger partial charge is 0.305 e. The predicted octanol–water partition coefficient (Wildman–Crippen LogP) is -2.48. The van der Waals surface area contributed by atoms with Crippen molar-refractivity contribution in [1.82, 2.24) is 31.9 Å². The quantitative estimate of drug-likeness (QED) is 0.0370. The summed E-state index contributed by atoms with van der Waals surface area (Å²) in [6.45, 7) is 6.77. The second kappa shape index (κ2) is 21.9. The summed E-state index contributed by atoms with van der Waals surface area (Å²) in [5.74, 6) is -6.12. The van der Waals surface area contributed by atoms with Gasteiger partial charge in [-0.3, -0.25) is 38.6 Å². The number of rotatable bonds is 16. The first kappa shape index (κ1) is 41.2. The molecule has 12 N–H and O–H groups in total. The number of nitrogens with one attached hydrogen (secondary N) is 6. The van der Waals surface area contributed by atoms with Gasteiger partial charge in [-0.15, -0.1) is 0 Å². The molecule has 51 heavy (non-hydrogen) atoms. The fraction of sp³-hybridized carbons (Fsp3) is 0.531. The van der Waals surface area contributed by atoms with Crippen molar-refractivity contribution in [3.05, 3.63) is 41.2 Å². The molecule has 4 atom stereocenters. The molecule has 0 aromatic heterocycles. The van der Waals surface area contributed by atoms with Crippen LogP contribution in [-0.4, -0.2) is 108 Å². The molecule has 0 aliphatic carbocycles. The second-order valence-corrected chi connectivity index (χ2v) is 11.8. The van der Waals surface area contributed by atoms with Crippen LogP contribution in [0, 0.1) is 6.57 Å². The van der Waals surface area contributed by atoms with E-state index >= 15 is 0 Å². The molecule has 1 aliphatic rings. The Morgan fingerprint density at radius 2 is 1.45 bits per heavy atom. The molecule has 0 bridgehead atoms. The molecule has 0 radical (unpaired) electrons. The molecule has 1 aromatic carbocycles. The zero-order chi connectivity index (χ0) is 37.8. The monoisotopic (exact) mass is 714 g/mol. The summed E-state index contributed by atoms with van der Waals surface area (Å²) in [4.78, 5) is 97.4. The molecule has 0 spiro atoms. The third kappa shape index (κ3) is 16.3. The van der Waals surface area contributed by atoms with Crippen molar-refractivity contribution in [2.75, 3.05) is 26.2 Å². The Labute approximate surface area is 294 Å². The number of carboxylic acids is 1. The number of hydrogen-bond donors (Lipinski definition) is 10. The van der Waals surface area contributed by atoms with E-state index in [1.54, 1.807) is 0 Å². The lowest BCUT2D eigenvalue weighted by Crippen LogP contribution is -2.58. The number of carboxylic acid groups (broad SMARTS) is 1. The Balaban J connectivity index is 2.39. The van der Waals surface area contributed by atoms with Crippen LogP contribution in [0.25, 0.3) is 4.85 Å². The number of aromatic hydroxyl groups is 1. The molecular weight excluding hydrogens is 668 g/mol. The molecule has 0 unspecified atom stereocenters. The van der Waals surface area contributed by atoms with Gasteiger partial charge in [-0.25, -0.2) is 6.57 Å². The van der Waals surface area contributed by atoms with Gasteiger partial charge in [0.05, 0.1) is 13.0 Å². The first-order valence-corrected chi connectivity index (χ1v) is 16.4. The number of carbonyl (C=O) groups is 7. The van der Waals surface area contributed by atoms with Crippen molar-refractivity contribution in [3.63, 3.8) is 0 Å². The molecule has 1 heterocycles. The molecule has 1 saturated heterocycles. The maximum Gasteiger partial charge on any atom is 0.305 e. The van der Waals surface area contributed by atoms with E-state index < -0.39 is 72.6 Å². The molecule has 1 aliphatic heterocycles. The van der Waals surface area contributed by atoms with E-state index in [0.29, 0.717) is 24.8 Å². The van der Waals surface area contributed by atoms with E-state index in [2.05, 4.69) is 41.7 Å². The number of nitrogens with two attached hydrogens (primary N) is 2. The van der Waals surface area contributed by atoms with Gasteiger partial charge in [-0.1, -0.05) is 12.1 Å². The van der Waals surface area contributed by atoms with Gasteiger partial charge in [0.1, 0.15) is 29.9 Å². The summed E-state index contributed by atoms with van der Waals surface area (Å²) in [6.07, 6.45) is 0.689. The number of benzene rings is 1. The lowest BCUT2D eigenvalue weighted by atomic mass is 10.0. The van der Waals surface area contributed by atoms with Crippen molar-refractivity contribution >= 4 is 47.4 Å². The van der Waals surface area contributed by atoms with Gasteiger partial charge in [-0.2, -0.15) is 0 Å². The summed E-state index contributed by atoms with van der Waals surface area (Å²) in [7, 11) is 0. The van der Waals surface area contributed by atoms with Gasteiger partial charge >= 0.3 is 5.97 Å². The molecule has 19 nitrogen and oxygen atoms in total. The van der Waals surface area contributed by atoms with Crippen molar-refractivity contribution in [2.45, 2.75) is 82.0 Å².